The second-order valence-corrected chi connectivity index (χ2v) is 5.76. The Bertz CT molecular complexity index is 494. The van der Waals surface area contributed by atoms with Gasteiger partial charge in [0.15, 0.2) is 0 Å². The fourth-order valence-corrected chi connectivity index (χ4v) is 2.86. The van der Waals surface area contributed by atoms with E-state index in [1.807, 2.05) is 13.1 Å². The molecule has 0 aliphatic carbocycles. The minimum absolute atomic E-state index is 0.502. The summed E-state index contributed by atoms with van der Waals surface area (Å²) in [5, 5.41) is 12.5. The van der Waals surface area contributed by atoms with Crippen LogP contribution in [-0.4, -0.2) is 44.2 Å². The number of nitrogens with one attached hydrogen (secondary N) is 1. The lowest BCUT2D eigenvalue weighted by Crippen LogP contribution is -2.55. The Hall–Kier alpha value is -1.57. The highest BCUT2D eigenvalue weighted by Crippen LogP contribution is 2.25. The molecule has 1 aromatic carbocycles. The van der Waals surface area contributed by atoms with Crippen molar-refractivity contribution < 1.29 is 0 Å². The SMILES string of the molecule is CNCc1ccc(N2CC(C)N(C)C(C)C2)c(C#N)c1. The van der Waals surface area contributed by atoms with Gasteiger partial charge in [0.1, 0.15) is 6.07 Å². The van der Waals surface area contributed by atoms with E-state index in [-0.39, 0.29) is 0 Å². The van der Waals surface area contributed by atoms with Crippen molar-refractivity contribution in [3.05, 3.63) is 29.3 Å². The molecule has 1 fully saturated rings. The van der Waals surface area contributed by atoms with Crippen molar-refractivity contribution in [2.24, 2.45) is 0 Å². The Morgan fingerprint density at radius 3 is 2.50 bits per heavy atom. The minimum atomic E-state index is 0.502. The molecule has 1 aliphatic heterocycles. The highest BCUT2D eigenvalue weighted by molar-refractivity contribution is 5.61. The van der Waals surface area contributed by atoms with Crippen molar-refractivity contribution in [3.8, 4) is 6.07 Å². The molecule has 1 N–H and O–H groups in total. The number of benzene rings is 1. The third kappa shape index (κ3) is 2.95. The number of hydrogen-bond acceptors (Lipinski definition) is 4. The van der Waals surface area contributed by atoms with E-state index >= 15 is 0 Å². The molecule has 20 heavy (non-hydrogen) atoms. The maximum atomic E-state index is 9.42. The number of rotatable bonds is 3. The molecule has 1 aliphatic rings. The molecule has 0 aromatic heterocycles. The Morgan fingerprint density at radius 1 is 1.30 bits per heavy atom. The van der Waals surface area contributed by atoms with Crippen molar-refractivity contribution in [3.63, 3.8) is 0 Å². The van der Waals surface area contributed by atoms with Crippen molar-refractivity contribution in [2.45, 2.75) is 32.5 Å². The van der Waals surface area contributed by atoms with E-state index in [4.69, 9.17) is 0 Å². The number of anilines is 1. The van der Waals surface area contributed by atoms with Gasteiger partial charge in [-0.25, -0.2) is 0 Å². The van der Waals surface area contributed by atoms with Crippen LogP contribution in [0.3, 0.4) is 0 Å². The number of nitrogens with zero attached hydrogens (tertiary/aromatic N) is 3. The van der Waals surface area contributed by atoms with Gasteiger partial charge in [0.25, 0.3) is 0 Å². The Morgan fingerprint density at radius 2 is 1.95 bits per heavy atom. The fourth-order valence-electron chi connectivity index (χ4n) is 2.86. The molecule has 0 amide bonds. The average Bonchev–Trinajstić information content (AvgIpc) is 2.44. The molecule has 2 unspecified atom stereocenters. The molecule has 108 valence electrons. The summed E-state index contributed by atoms with van der Waals surface area (Å²) < 4.78 is 0. The normalized spacial score (nSPS) is 23.6. The van der Waals surface area contributed by atoms with Crippen LogP contribution in [0.2, 0.25) is 0 Å². The predicted octanol–water partition coefficient (Wildman–Crippen LogP) is 1.81. The van der Waals surface area contributed by atoms with E-state index in [2.05, 4.69) is 54.2 Å². The maximum absolute atomic E-state index is 9.42. The van der Waals surface area contributed by atoms with Gasteiger partial charge in [-0.15, -0.1) is 0 Å². The molecule has 2 atom stereocenters. The lowest BCUT2D eigenvalue weighted by molar-refractivity contribution is 0.170. The molecule has 1 saturated heterocycles. The molecule has 0 spiro atoms. The smallest absolute Gasteiger partial charge is 0.101 e. The molecular formula is C16H24N4. The standard InChI is InChI=1S/C16H24N4/c1-12-10-20(11-13(2)19(12)4)16-6-5-14(9-18-3)7-15(16)8-17/h5-7,12-13,18H,9-11H2,1-4H3. The van der Waals surface area contributed by atoms with Gasteiger partial charge in [0, 0.05) is 31.7 Å². The Balaban J connectivity index is 2.26. The van der Waals surface area contributed by atoms with E-state index in [9.17, 15) is 5.26 Å². The third-order valence-corrected chi connectivity index (χ3v) is 4.26. The van der Waals surface area contributed by atoms with Crippen molar-refractivity contribution in [2.75, 3.05) is 32.1 Å². The predicted molar refractivity (Wildman–Crippen MR) is 82.8 cm³/mol. The van der Waals surface area contributed by atoms with Crippen LogP contribution in [0, 0.1) is 11.3 Å². The van der Waals surface area contributed by atoms with Gasteiger partial charge in [-0.05, 0) is 45.6 Å². The molecule has 4 nitrogen and oxygen atoms in total. The van der Waals surface area contributed by atoms with Crippen LogP contribution in [0.4, 0.5) is 5.69 Å². The average molecular weight is 272 g/mol. The first kappa shape index (κ1) is 14.8. The lowest BCUT2D eigenvalue weighted by atomic mass is 10.0. The van der Waals surface area contributed by atoms with Crippen LogP contribution < -0.4 is 10.2 Å². The first-order valence-electron chi connectivity index (χ1n) is 7.21. The van der Waals surface area contributed by atoms with Crippen LogP contribution in [0.25, 0.3) is 0 Å². The molecule has 4 heteroatoms. The molecule has 1 aromatic rings. The zero-order valence-corrected chi connectivity index (χ0v) is 12.8. The van der Waals surface area contributed by atoms with Crippen molar-refractivity contribution in [1.82, 2.24) is 10.2 Å². The van der Waals surface area contributed by atoms with Gasteiger partial charge in [0.05, 0.1) is 11.3 Å². The Kier molecular flexibility index (Phi) is 4.64. The van der Waals surface area contributed by atoms with Crippen LogP contribution in [0.5, 0.6) is 0 Å². The van der Waals surface area contributed by atoms with E-state index in [1.165, 1.54) is 0 Å². The molecule has 0 saturated carbocycles. The van der Waals surface area contributed by atoms with Gasteiger partial charge in [-0.1, -0.05) is 6.07 Å². The van der Waals surface area contributed by atoms with Gasteiger partial charge >= 0.3 is 0 Å². The van der Waals surface area contributed by atoms with Gasteiger partial charge < -0.3 is 10.2 Å². The summed E-state index contributed by atoms with van der Waals surface area (Å²) in [7, 11) is 4.09. The van der Waals surface area contributed by atoms with Gasteiger partial charge in [-0.2, -0.15) is 5.26 Å². The van der Waals surface area contributed by atoms with E-state index in [0.29, 0.717) is 12.1 Å². The fraction of sp³-hybridized carbons (Fsp3) is 0.562. The van der Waals surface area contributed by atoms with E-state index < -0.39 is 0 Å². The topological polar surface area (TPSA) is 42.3 Å². The maximum Gasteiger partial charge on any atom is 0.101 e. The summed E-state index contributed by atoms with van der Waals surface area (Å²) >= 11 is 0. The summed E-state index contributed by atoms with van der Waals surface area (Å²) in [6.07, 6.45) is 0. The largest absolute Gasteiger partial charge is 0.367 e. The highest BCUT2D eigenvalue weighted by Gasteiger charge is 2.27. The Labute approximate surface area is 122 Å². The van der Waals surface area contributed by atoms with Crippen LogP contribution in [-0.2, 0) is 6.54 Å². The number of piperazine rings is 1. The summed E-state index contributed by atoms with van der Waals surface area (Å²) in [5.74, 6) is 0. The molecular weight excluding hydrogens is 248 g/mol. The molecule has 1 heterocycles. The van der Waals surface area contributed by atoms with Crippen LogP contribution >= 0.6 is 0 Å². The van der Waals surface area contributed by atoms with Crippen LogP contribution in [0.1, 0.15) is 25.0 Å². The van der Waals surface area contributed by atoms with Crippen molar-refractivity contribution >= 4 is 5.69 Å². The van der Waals surface area contributed by atoms with E-state index in [0.717, 1.165) is 36.4 Å². The highest BCUT2D eigenvalue weighted by atomic mass is 15.3. The van der Waals surface area contributed by atoms with Crippen molar-refractivity contribution in [1.29, 1.82) is 5.26 Å². The van der Waals surface area contributed by atoms with Gasteiger partial charge in [-0.3, -0.25) is 4.90 Å². The van der Waals surface area contributed by atoms with Crippen LogP contribution in [0.15, 0.2) is 18.2 Å². The second-order valence-electron chi connectivity index (χ2n) is 5.76. The second kappa shape index (κ2) is 6.25. The number of likely N-dealkylation sites (N-methyl/N-ethyl adjacent to an activating group) is 1. The zero-order chi connectivity index (χ0) is 14.7. The third-order valence-electron chi connectivity index (χ3n) is 4.26. The monoisotopic (exact) mass is 272 g/mol. The number of nitriles is 1. The zero-order valence-electron chi connectivity index (χ0n) is 12.8. The minimum Gasteiger partial charge on any atom is -0.367 e. The first-order chi connectivity index (χ1) is 9.56. The summed E-state index contributed by atoms with van der Waals surface area (Å²) in [6.45, 7) is 7.22. The summed E-state index contributed by atoms with van der Waals surface area (Å²) in [6, 6.07) is 9.56. The molecule has 2 rings (SSSR count). The lowest BCUT2D eigenvalue weighted by Gasteiger charge is -2.43. The quantitative estimate of drug-likeness (QED) is 0.911. The van der Waals surface area contributed by atoms with E-state index in [1.54, 1.807) is 0 Å². The molecule has 0 radical (unpaired) electrons. The van der Waals surface area contributed by atoms with Gasteiger partial charge in [0.2, 0.25) is 0 Å². The summed E-state index contributed by atoms with van der Waals surface area (Å²) in [4.78, 5) is 4.75. The first-order valence-corrected chi connectivity index (χ1v) is 7.21. The summed E-state index contributed by atoms with van der Waals surface area (Å²) in [5.41, 5.74) is 3.00. The number of hydrogen-bond donors (Lipinski definition) is 1. The molecule has 0 bridgehead atoms.